The first kappa shape index (κ1) is 22.1. The van der Waals surface area contributed by atoms with Crippen molar-refractivity contribution < 1.29 is 14.7 Å². The van der Waals surface area contributed by atoms with Gasteiger partial charge in [-0.25, -0.2) is 14.8 Å². The molecule has 1 amide bonds. The van der Waals surface area contributed by atoms with Crippen molar-refractivity contribution in [3.63, 3.8) is 0 Å². The van der Waals surface area contributed by atoms with Crippen molar-refractivity contribution in [1.29, 1.82) is 0 Å². The van der Waals surface area contributed by atoms with Crippen LogP contribution in [0.3, 0.4) is 0 Å². The number of carboxylic acid groups (broad SMARTS) is 1. The van der Waals surface area contributed by atoms with Crippen molar-refractivity contribution >= 4 is 44.8 Å². The van der Waals surface area contributed by atoms with E-state index in [0.29, 0.717) is 22.9 Å². The van der Waals surface area contributed by atoms with Crippen LogP contribution in [0.1, 0.15) is 37.2 Å². The molecule has 0 saturated carbocycles. The molecule has 172 valence electrons. The number of aromatic nitrogens is 4. The second kappa shape index (κ2) is 8.88. The Morgan fingerprint density at radius 2 is 2.06 bits per heavy atom. The zero-order valence-corrected chi connectivity index (χ0v) is 19.9. The van der Waals surface area contributed by atoms with Gasteiger partial charge in [0.25, 0.3) is 5.91 Å². The minimum absolute atomic E-state index is 0.316. The average molecular weight is 492 g/mol. The summed E-state index contributed by atoms with van der Waals surface area (Å²) in [7, 11) is 0. The number of fused-ring (bicyclic) bond motifs is 1. The lowest BCUT2D eigenvalue weighted by molar-refractivity contribution is 0.0702. The molecule has 0 atom stereocenters. The van der Waals surface area contributed by atoms with E-state index in [1.165, 1.54) is 22.7 Å². The van der Waals surface area contributed by atoms with E-state index in [1.54, 1.807) is 18.6 Å². The van der Waals surface area contributed by atoms with Crippen LogP contribution in [-0.2, 0) is 13.0 Å². The minimum Gasteiger partial charge on any atom is -0.477 e. The Balaban J connectivity index is 1.48. The maximum atomic E-state index is 11.5. The van der Waals surface area contributed by atoms with E-state index in [2.05, 4.69) is 45.7 Å². The summed E-state index contributed by atoms with van der Waals surface area (Å²) in [6.07, 6.45) is 6.89. The zero-order chi connectivity index (χ0) is 23.8. The summed E-state index contributed by atoms with van der Waals surface area (Å²) in [5.41, 5.74) is 11.3. The predicted molar refractivity (Wildman–Crippen MR) is 133 cm³/mol. The smallest absolute Gasteiger partial charge is 0.345 e. The molecule has 0 fully saturated rings. The molecule has 34 heavy (non-hydrogen) atoms. The number of aryl methyl sites for hydroxylation is 3. The van der Waals surface area contributed by atoms with E-state index >= 15 is 0 Å². The lowest BCUT2D eigenvalue weighted by Gasteiger charge is -2.14. The van der Waals surface area contributed by atoms with E-state index in [1.807, 2.05) is 16.1 Å². The number of carboxylic acids is 1. The van der Waals surface area contributed by atoms with Crippen LogP contribution >= 0.6 is 22.7 Å². The van der Waals surface area contributed by atoms with Gasteiger partial charge in [0.05, 0.1) is 27.9 Å². The van der Waals surface area contributed by atoms with Gasteiger partial charge in [-0.1, -0.05) is 6.07 Å². The van der Waals surface area contributed by atoms with Crippen LogP contribution in [-0.4, -0.2) is 36.1 Å². The Morgan fingerprint density at radius 3 is 2.74 bits per heavy atom. The summed E-state index contributed by atoms with van der Waals surface area (Å²) in [5.74, 6) is -1.43. The molecule has 5 aromatic rings. The van der Waals surface area contributed by atoms with Gasteiger partial charge in [0.1, 0.15) is 4.88 Å². The maximum absolute atomic E-state index is 11.5. The summed E-state index contributed by atoms with van der Waals surface area (Å²) < 4.78 is 5.08. The molecule has 0 radical (unpaired) electrons. The molecule has 0 saturated heterocycles. The van der Waals surface area contributed by atoms with Crippen LogP contribution < -0.4 is 5.73 Å². The molecule has 10 heteroatoms. The van der Waals surface area contributed by atoms with Crippen molar-refractivity contribution in [2.75, 3.05) is 0 Å². The molecule has 0 aliphatic heterocycles. The lowest BCUT2D eigenvalue weighted by Crippen LogP contribution is -2.10. The third-order valence-electron chi connectivity index (χ3n) is 5.67. The Morgan fingerprint density at radius 1 is 1.21 bits per heavy atom. The lowest BCUT2D eigenvalue weighted by atomic mass is 10.0. The number of nitrogens with two attached hydrogens (primary N) is 1. The highest BCUT2D eigenvalue weighted by atomic mass is 32.1. The first-order chi connectivity index (χ1) is 16.4. The number of nitrogens with zero attached hydrogens (tertiary/aromatic N) is 4. The van der Waals surface area contributed by atoms with Crippen molar-refractivity contribution in [2.24, 2.45) is 5.73 Å². The fourth-order valence-corrected chi connectivity index (χ4v) is 5.72. The molecule has 0 unspecified atom stereocenters. The van der Waals surface area contributed by atoms with Crippen LogP contribution in [0.5, 0.6) is 0 Å². The van der Waals surface area contributed by atoms with Crippen LogP contribution in [0.15, 0.2) is 54.4 Å². The van der Waals surface area contributed by atoms with E-state index in [9.17, 15) is 14.7 Å². The molecular formula is C24H21N5O3S2. The van der Waals surface area contributed by atoms with Gasteiger partial charge in [0.15, 0.2) is 5.01 Å². The first-order valence-corrected chi connectivity index (χ1v) is 12.3. The van der Waals surface area contributed by atoms with E-state index in [0.717, 1.165) is 44.8 Å². The Bertz CT molecular complexity index is 1510. The quantitative estimate of drug-likeness (QED) is 0.325. The van der Waals surface area contributed by atoms with Gasteiger partial charge in [-0.15, -0.1) is 22.7 Å². The summed E-state index contributed by atoms with van der Waals surface area (Å²) in [6.45, 7) is 2.76. The summed E-state index contributed by atoms with van der Waals surface area (Å²) in [4.78, 5) is 31.6. The van der Waals surface area contributed by atoms with Gasteiger partial charge in [0, 0.05) is 35.6 Å². The van der Waals surface area contributed by atoms with Crippen molar-refractivity contribution in [1.82, 2.24) is 19.1 Å². The second-order valence-corrected chi connectivity index (χ2v) is 9.87. The Kier molecular flexibility index (Phi) is 5.76. The number of carbonyl (C=O) groups excluding carboxylic acids is 1. The van der Waals surface area contributed by atoms with Gasteiger partial charge in [-0.2, -0.15) is 0 Å². The number of thiazole rings is 1. The third-order valence-corrected chi connectivity index (χ3v) is 7.63. The van der Waals surface area contributed by atoms with Crippen LogP contribution in [0.25, 0.3) is 27.2 Å². The molecule has 0 aliphatic rings. The highest BCUT2D eigenvalue weighted by Crippen LogP contribution is 2.36. The number of aromatic carboxylic acids is 1. The van der Waals surface area contributed by atoms with Crippen molar-refractivity contribution in [2.45, 2.75) is 26.3 Å². The molecule has 0 bridgehead atoms. The molecule has 5 rings (SSSR count). The maximum Gasteiger partial charge on any atom is 0.345 e. The fourth-order valence-electron chi connectivity index (χ4n) is 4.07. The van der Waals surface area contributed by atoms with Crippen LogP contribution in [0, 0.1) is 6.92 Å². The molecule has 4 heterocycles. The van der Waals surface area contributed by atoms with E-state index in [-0.39, 0.29) is 0 Å². The second-order valence-electron chi connectivity index (χ2n) is 7.93. The number of hydrogen-bond donors (Lipinski definition) is 2. The fraction of sp³-hybridized carbons (Fsp3) is 0.167. The number of imidazole rings is 1. The zero-order valence-electron chi connectivity index (χ0n) is 18.3. The highest BCUT2D eigenvalue weighted by molar-refractivity contribution is 7.20. The third kappa shape index (κ3) is 4.13. The molecule has 3 N–H and O–H groups in total. The van der Waals surface area contributed by atoms with Crippen molar-refractivity contribution in [3.8, 4) is 16.9 Å². The molecule has 4 aromatic heterocycles. The monoisotopic (exact) mass is 491 g/mol. The molecule has 1 aromatic carbocycles. The molecule has 0 spiro atoms. The van der Waals surface area contributed by atoms with Gasteiger partial charge in [0.2, 0.25) is 0 Å². The number of rotatable bonds is 8. The van der Waals surface area contributed by atoms with Crippen LogP contribution in [0.2, 0.25) is 0 Å². The topological polar surface area (TPSA) is 116 Å². The highest BCUT2D eigenvalue weighted by Gasteiger charge is 2.18. The van der Waals surface area contributed by atoms with Crippen LogP contribution in [0.4, 0.5) is 0 Å². The van der Waals surface area contributed by atoms with Gasteiger partial charge >= 0.3 is 5.97 Å². The standard InChI is InChI=1S/C24H21N5O3S2/c1-14-9-16(28-8-6-26-13-28)4-5-17(14)18-10-20-19(11-21(34-20)24(31)32)29(18)7-2-3-15-12-33-23(27-15)22(25)30/h4-6,8-13H,2-3,7H2,1H3,(H2,25,30)(H,31,32). The molecule has 0 aliphatic carbocycles. The van der Waals surface area contributed by atoms with Gasteiger partial charge in [-0.3, -0.25) is 4.79 Å². The summed E-state index contributed by atoms with van der Waals surface area (Å²) >= 11 is 2.54. The Labute approximate surface area is 202 Å². The minimum atomic E-state index is -0.920. The number of carbonyl (C=O) groups is 2. The normalized spacial score (nSPS) is 11.3. The number of primary amides is 1. The number of benzene rings is 1. The molecular weight excluding hydrogens is 470 g/mol. The molecule has 8 nitrogen and oxygen atoms in total. The van der Waals surface area contributed by atoms with E-state index in [4.69, 9.17) is 5.73 Å². The summed E-state index contributed by atoms with van der Waals surface area (Å²) in [6, 6.07) is 10.1. The number of amides is 1. The van der Waals surface area contributed by atoms with Gasteiger partial charge < -0.3 is 20.0 Å². The van der Waals surface area contributed by atoms with Gasteiger partial charge in [-0.05, 0) is 49.6 Å². The summed E-state index contributed by atoms with van der Waals surface area (Å²) in [5, 5.41) is 11.6. The van der Waals surface area contributed by atoms with E-state index < -0.39 is 11.9 Å². The average Bonchev–Trinajstić information content (AvgIpc) is 3.58. The largest absolute Gasteiger partial charge is 0.477 e. The number of thiophene rings is 1. The van der Waals surface area contributed by atoms with Crippen molar-refractivity contribution in [3.05, 3.63) is 75.6 Å². The predicted octanol–water partition coefficient (Wildman–Crippen LogP) is 4.75. The number of hydrogen-bond acceptors (Lipinski definition) is 6. The Hall–Kier alpha value is -3.76. The SMILES string of the molecule is Cc1cc(-n2ccnc2)ccc1-c1cc2sc(C(=O)O)cc2n1CCCc1csc(C(N)=O)n1. The first-order valence-electron chi connectivity index (χ1n) is 10.6.